The van der Waals surface area contributed by atoms with Crippen LogP contribution in [0, 0.1) is 0 Å². The first-order chi connectivity index (χ1) is 15.7. The summed E-state index contributed by atoms with van der Waals surface area (Å²) in [5, 5.41) is 3.52. The van der Waals surface area contributed by atoms with E-state index < -0.39 is 0 Å². The van der Waals surface area contributed by atoms with E-state index in [2.05, 4.69) is 26.1 Å². The van der Waals surface area contributed by atoms with Crippen molar-refractivity contribution in [2.45, 2.75) is 45.1 Å². The van der Waals surface area contributed by atoms with Gasteiger partial charge in [-0.15, -0.1) is 0 Å². The number of fused-ring (bicyclic) bond motifs is 1. The maximum Gasteiger partial charge on any atom is 0.294 e. The smallest absolute Gasteiger partial charge is 0.294 e. The Bertz CT molecular complexity index is 1070. The molecule has 0 bridgehead atoms. The Labute approximate surface area is 199 Å². The molecule has 1 atom stereocenters. The normalized spacial score (nSPS) is 19.4. The Morgan fingerprint density at radius 3 is 2.64 bits per heavy atom. The van der Waals surface area contributed by atoms with Gasteiger partial charge in [-0.1, -0.05) is 50.6 Å². The van der Waals surface area contributed by atoms with Crippen LogP contribution < -0.4 is 15.0 Å². The van der Waals surface area contributed by atoms with E-state index in [-0.39, 0.29) is 35.6 Å². The minimum atomic E-state index is -0.365. The topological polar surface area (TPSA) is 67.9 Å². The van der Waals surface area contributed by atoms with Crippen LogP contribution in [0.25, 0.3) is 6.08 Å². The van der Waals surface area contributed by atoms with Gasteiger partial charge in [-0.25, -0.2) is 0 Å². The molecule has 0 unspecified atom stereocenters. The number of rotatable bonds is 5. The molecule has 174 valence electrons. The second-order valence-corrected chi connectivity index (χ2v) is 9.86. The second kappa shape index (κ2) is 9.57. The highest BCUT2D eigenvalue weighted by atomic mass is 35.5. The summed E-state index contributed by atoms with van der Waals surface area (Å²) in [6, 6.07) is 12.9. The van der Waals surface area contributed by atoms with E-state index in [4.69, 9.17) is 21.1 Å². The third-order valence-corrected chi connectivity index (χ3v) is 6.06. The molecule has 6 nitrogen and oxygen atoms in total. The van der Waals surface area contributed by atoms with Crippen LogP contribution in [0.2, 0.25) is 5.02 Å². The van der Waals surface area contributed by atoms with Gasteiger partial charge >= 0.3 is 0 Å². The number of hydrogen-bond acceptors (Lipinski definition) is 4. The van der Waals surface area contributed by atoms with Crippen molar-refractivity contribution in [3.05, 3.63) is 64.4 Å². The molecule has 1 fully saturated rings. The molecule has 7 heteroatoms. The fourth-order valence-electron chi connectivity index (χ4n) is 3.88. The van der Waals surface area contributed by atoms with Gasteiger partial charge in [-0.3, -0.25) is 14.5 Å². The Balaban J connectivity index is 1.63. The van der Waals surface area contributed by atoms with Crippen molar-refractivity contribution >= 4 is 35.2 Å². The van der Waals surface area contributed by atoms with E-state index in [1.54, 1.807) is 18.2 Å². The molecule has 1 saturated heterocycles. The van der Waals surface area contributed by atoms with Crippen LogP contribution in [-0.4, -0.2) is 37.6 Å². The van der Waals surface area contributed by atoms with E-state index in [1.807, 2.05) is 30.3 Å². The number of anilines is 1. The molecule has 2 heterocycles. The number of carbonyl (C=O) groups excluding carboxylic acids is 2. The van der Waals surface area contributed by atoms with E-state index in [1.165, 1.54) is 4.90 Å². The number of carbonyl (C=O) groups is 2. The van der Waals surface area contributed by atoms with E-state index >= 15 is 0 Å². The highest BCUT2D eigenvalue weighted by Crippen LogP contribution is 2.39. The van der Waals surface area contributed by atoms with Gasteiger partial charge in [0, 0.05) is 18.2 Å². The number of nitrogens with zero attached hydrogens (tertiary/aromatic N) is 1. The number of amides is 2. The van der Waals surface area contributed by atoms with Crippen molar-refractivity contribution in [2.75, 3.05) is 24.6 Å². The lowest BCUT2D eigenvalue weighted by Gasteiger charge is -2.32. The van der Waals surface area contributed by atoms with Gasteiger partial charge in [-0.05, 0) is 59.7 Å². The fourth-order valence-corrected chi connectivity index (χ4v) is 4.00. The minimum absolute atomic E-state index is 0.0366. The van der Waals surface area contributed by atoms with Crippen molar-refractivity contribution in [3.63, 3.8) is 0 Å². The molecular weight excluding hydrogens is 440 g/mol. The van der Waals surface area contributed by atoms with Crippen LogP contribution >= 0.6 is 11.6 Å². The molecule has 0 aromatic heterocycles. The lowest BCUT2D eigenvalue weighted by molar-refractivity contribution is -0.123. The van der Waals surface area contributed by atoms with Crippen LogP contribution in [0.15, 0.2) is 48.2 Å². The molecule has 2 aromatic carbocycles. The molecular formula is C26H29ClN2O4. The van der Waals surface area contributed by atoms with Gasteiger partial charge in [0.1, 0.15) is 6.54 Å². The number of benzene rings is 2. The third-order valence-electron chi connectivity index (χ3n) is 5.81. The average molecular weight is 469 g/mol. The minimum Gasteiger partial charge on any atom is -0.449 e. The van der Waals surface area contributed by atoms with Crippen LogP contribution in [0.5, 0.6) is 5.75 Å². The van der Waals surface area contributed by atoms with Gasteiger partial charge in [0.05, 0.1) is 11.8 Å². The molecule has 4 rings (SSSR count). The molecule has 0 radical (unpaired) electrons. The number of halogens is 1. The van der Waals surface area contributed by atoms with Crippen molar-refractivity contribution < 1.29 is 19.1 Å². The highest BCUT2D eigenvalue weighted by molar-refractivity contribution is 6.30. The predicted molar refractivity (Wildman–Crippen MR) is 130 cm³/mol. The number of ether oxygens (including phenoxy) is 2. The zero-order valence-electron chi connectivity index (χ0n) is 19.2. The molecule has 0 saturated carbocycles. The summed E-state index contributed by atoms with van der Waals surface area (Å²) < 4.78 is 11.6. The van der Waals surface area contributed by atoms with Gasteiger partial charge < -0.3 is 14.8 Å². The van der Waals surface area contributed by atoms with Crippen molar-refractivity contribution in [2.24, 2.45) is 0 Å². The first-order valence-electron chi connectivity index (χ1n) is 11.2. The number of hydrogen-bond donors (Lipinski definition) is 1. The monoisotopic (exact) mass is 468 g/mol. The SMILES string of the molecule is CC(C)(C)c1ccc2c(c1)N(CC(=O)NC[C@@H]1CCCO1)C(=O)/C(=C\c1ccc(Cl)cc1)O2. The Hall–Kier alpha value is -2.83. The first kappa shape index (κ1) is 23.3. The molecule has 2 aliphatic heterocycles. The van der Waals surface area contributed by atoms with E-state index in [9.17, 15) is 9.59 Å². The summed E-state index contributed by atoms with van der Waals surface area (Å²) in [6.07, 6.45) is 3.64. The third kappa shape index (κ3) is 5.57. The Kier molecular flexibility index (Phi) is 6.77. The molecule has 2 aromatic rings. The predicted octanol–water partition coefficient (Wildman–Crippen LogP) is 4.70. The maximum absolute atomic E-state index is 13.4. The molecule has 33 heavy (non-hydrogen) atoms. The largest absolute Gasteiger partial charge is 0.449 e. The summed E-state index contributed by atoms with van der Waals surface area (Å²) >= 11 is 5.98. The summed E-state index contributed by atoms with van der Waals surface area (Å²) in [4.78, 5) is 27.7. The standard InChI is InChI=1S/C26H29ClN2O4/c1-26(2,3)18-8-11-22-21(14-18)29(16-24(30)28-15-20-5-4-12-32-20)25(31)23(33-22)13-17-6-9-19(27)10-7-17/h6-11,13-14,20H,4-5,12,15-16H2,1-3H3,(H,28,30)/b23-13+/t20-/m0/s1. The van der Waals surface area contributed by atoms with Crippen LogP contribution in [0.1, 0.15) is 44.7 Å². The van der Waals surface area contributed by atoms with Gasteiger partial charge in [0.25, 0.3) is 5.91 Å². The quantitative estimate of drug-likeness (QED) is 0.646. The summed E-state index contributed by atoms with van der Waals surface area (Å²) in [6.45, 7) is 7.37. The molecule has 0 spiro atoms. The summed E-state index contributed by atoms with van der Waals surface area (Å²) in [7, 11) is 0. The van der Waals surface area contributed by atoms with Crippen molar-refractivity contribution in [1.29, 1.82) is 0 Å². The van der Waals surface area contributed by atoms with E-state index in [0.717, 1.165) is 30.6 Å². The van der Waals surface area contributed by atoms with Gasteiger partial charge in [0.15, 0.2) is 11.5 Å². The zero-order chi connectivity index (χ0) is 23.6. The maximum atomic E-state index is 13.4. The second-order valence-electron chi connectivity index (χ2n) is 9.43. The zero-order valence-corrected chi connectivity index (χ0v) is 19.9. The average Bonchev–Trinajstić information content (AvgIpc) is 3.29. The lowest BCUT2D eigenvalue weighted by Crippen LogP contribution is -2.45. The van der Waals surface area contributed by atoms with Gasteiger partial charge in [-0.2, -0.15) is 0 Å². The van der Waals surface area contributed by atoms with Crippen LogP contribution in [0.4, 0.5) is 5.69 Å². The first-order valence-corrected chi connectivity index (χ1v) is 11.6. The lowest BCUT2D eigenvalue weighted by atomic mass is 9.86. The van der Waals surface area contributed by atoms with Crippen molar-refractivity contribution in [1.82, 2.24) is 5.32 Å². The van der Waals surface area contributed by atoms with E-state index in [0.29, 0.717) is 23.0 Å². The molecule has 1 N–H and O–H groups in total. The van der Waals surface area contributed by atoms with Gasteiger partial charge in [0.2, 0.25) is 5.91 Å². The van der Waals surface area contributed by atoms with Crippen molar-refractivity contribution in [3.8, 4) is 5.75 Å². The highest BCUT2D eigenvalue weighted by Gasteiger charge is 2.33. The summed E-state index contributed by atoms with van der Waals surface area (Å²) in [5.74, 6) is 0.0875. The summed E-state index contributed by atoms with van der Waals surface area (Å²) in [5.41, 5.74) is 2.30. The fraction of sp³-hybridized carbons (Fsp3) is 0.385. The molecule has 2 amide bonds. The Morgan fingerprint density at radius 1 is 1.21 bits per heavy atom. The van der Waals surface area contributed by atoms with Crippen LogP contribution in [0.3, 0.4) is 0 Å². The van der Waals surface area contributed by atoms with Crippen LogP contribution in [-0.2, 0) is 19.7 Å². The molecule has 0 aliphatic carbocycles. The Morgan fingerprint density at radius 2 is 1.97 bits per heavy atom. The number of nitrogens with one attached hydrogen (secondary N) is 1. The molecule has 2 aliphatic rings.